The first-order chi connectivity index (χ1) is 14.9. The topological polar surface area (TPSA) is 72.9 Å². The quantitative estimate of drug-likeness (QED) is 0.676. The Morgan fingerprint density at radius 1 is 1.16 bits per heavy atom. The highest BCUT2D eigenvalue weighted by Gasteiger charge is 2.35. The van der Waals surface area contributed by atoms with Crippen LogP contribution in [-0.2, 0) is 16.1 Å². The van der Waals surface area contributed by atoms with Crippen molar-refractivity contribution in [3.05, 3.63) is 58.3 Å². The molecule has 8 heteroatoms. The summed E-state index contributed by atoms with van der Waals surface area (Å²) in [6.45, 7) is 1.77. The molecule has 2 aromatic rings. The fourth-order valence-electron chi connectivity index (χ4n) is 4.14. The molecule has 0 bridgehead atoms. The zero-order valence-corrected chi connectivity index (χ0v) is 18.6. The van der Waals surface area contributed by atoms with Crippen molar-refractivity contribution < 1.29 is 19.1 Å². The van der Waals surface area contributed by atoms with Gasteiger partial charge in [-0.1, -0.05) is 18.2 Å². The molecule has 1 atom stereocenters. The molecule has 31 heavy (non-hydrogen) atoms. The summed E-state index contributed by atoms with van der Waals surface area (Å²) in [6.07, 6.45) is 1.11. The van der Waals surface area contributed by atoms with Gasteiger partial charge in [-0.3, -0.25) is 9.59 Å². The molecule has 1 unspecified atom stereocenters. The predicted molar refractivity (Wildman–Crippen MR) is 120 cm³/mol. The third kappa shape index (κ3) is 4.91. The second kappa shape index (κ2) is 9.36. The number of rotatable bonds is 5. The second-order valence-electron chi connectivity index (χ2n) is 8.08. The predicted octanol–water partition coefficient (Wildman–Crippen LogP) is 3.22. The maximum atomic E-state index is 14.6. The summed E-state index contributed by atoms with van der Waals surface area (Å²) < 4.78 is 15.4. The number of benzene rings is 2. The van der Waals surface area contributed by atoms with E-state index < -0.39 is 5.92 Å². The van der Waals surface area contributed by atoms with Crippen molar-refractivity contribution >= 4 is 39.1 Å². The number of para-hydroxylation sites is 1. The number of nitrogens with zero attached hydrogens (tertiary/aromatic N) is 2. The van der Waals surface area contributed by atoms with Gasteiger partial charge in [0, 0.05) is 37.1 Å². The highest BCUT2D eigenvalue weighted by Crippen LogP contribution is 2.31. The van der Waals surface area contributed by atoms with E-state index in [-0.39, 0.29) is 36.7 Å². The van der Waals surface area contributed by atoms with Crippen molar-refractivity contribution in [2.24, 2.45) is 5.92 Å². The van der Waals surface area contributed by atoms with Crippen LogP contribution in [-0.4, -0.2) is 42.7 Å². The summed E-state index contributed by atoms with van der Waals surface area (Å²) in [5.41, 5.74) is 1.94. The molecule has 2 fully saturated rings. The smallest absolute Gasteiger partial charge is 0.227 e. The van der Waals surface area contributed by atoms with Crippen molar-refractivity contribution in [2.45, 2.75) is 31.9 Å². The number of amides is 2. The van der Waals surface area contributed by atoms with Crippen molar-refractivity contribution in [2.75, 3.05) is 29.4 Å². The number of anilines is 2. The number of halogens is 2. The van der Waals surface area contributed by atoms with Gasteiger partial charge in [0.2, 0.25) is 11.8 Å². The molecule has 164 valence electrons. The minimum atomic E-state index is -0.441. The zero-order chi connectivity index (χ0) is 22.0. The molecule has 2 heterocycles. The summed E-state index contributed by atoms with van der Waals surface area (Å²) in [5.74, 6) is -1.07. The molecule has 0 radical (unpaired) electrons. The molecule has 2 amide bonds. The van der Waals surface area contributed by atoms with Crippen LogP contribution in [0.5, 0.6) is 0 Å². The average molecular weight is 490 g/mol. The van der Waals surface area contributed by atoms with Crippen LogP contribution < -0.4 is 15.1 Å². The average Bonchev–Trinajstić information content (AvgIpc) is 3.15. The van der Waals surface area contributed by atoms with Gasteiger partial charge in [-0.25, -0.2) is 4.39 Å². The molecular weight excluding hydrogens is 465 g/mol. The molecule has 2 aromatic carbocycles. The van der Waals surface area contributed by atoms with Gasteiger partial charge in [0.15, 0.2) is 0 Å². The number of carbonyl (C=O) groups is 2. The molecular formula is C23H25BrFN3O3. The van der Waals surface area contributed by atoms with Gasteiger partial charge in [0.05, 0.1) is 23.4 Å². The van der Waals surface area contributed by atoms with Gasteiger partial charge in [-0.05, 0) is 58.6 Å². The number of aliphatic hydroxyl groups excluding tert-OH is 1. The van der Waals surface area contributed by atoms with Gasteiger partial charge < -0.3 is 20.2 Å². The third-order valence-electron chi connectivity index (χ3n) is 5.92. The van der Waals surface area contributed by atoms with E-state index in [0.717, 1.165) is 10.2 Å². The first kappa shape index (κ1) is 21.8. The first-order valence-corrected chi connectivity index (χ1v) is 11.3. The lowest BCUT2D eigenvalue weighted by molar-refractivity contribution is -0.126. The Morgan fingerprint density at radius 3 is 2.61 bits per heavy atom. The van der Waals surface area contributed by atoms with Crippen LogP contribution >= 0.6 is 15.9 Å². The molecule has 6 nitrogen and oxygen atoms in total. The van der Waals surface area contributed by atoms with E-state index in [9.17, 15) is 19.1 Å². The molecule has 0 saturated carbocycles. The minimum Gasteiger partial charge on any atom is -0.393 e. The van der Waals surface area contributed by atoms with Gasteiger partial charge in [0.1, 0.15) is 5.82 Å². The van der Waals surface area contributed by atoms with E-state index in [1.807, 2.05) is 29.2 Å². The van der Waals surface area contributed by atoms with Crippen LogP contribution in [0.4, 0.5) is 15.8 Å². The molecule has 2 saturated heterocycles. The number of hydrogen-bond acceptors (Lipinski definition) is 4. The largest absolute Gasteiger partial charge is 0.393 e. The van der Waals surface area contributed by atoms with Gasteiger partial charge in [0.25, 0.3) is 0 Å². The summed E-state index contributed by atoms with van der Waals surface area (Å²) in [7, 11) is 0. The van der Waals surface area contributed by atoms with E-state index in [0.29, 0.717) is 43.7 Å². The van der Waals surface area contributed by atoms with Crippen molar-refractivity contribution in [3.8, 4) is 0 Å². The van der Waals surface area contributed by atoms with Gasteiger partial charge in [-0.2, -0.15) is 0 Å². The summed E-state index contributed by atoms with van der Waals surface area (Å²) in [6, 6.07) is 12.4. The van der Waals surface area contributed by atoms with Crippen LogP contribution in [0.1, 0.15) is 24.8 Å². The molecule has 2 aliphatic rings. The van der Waals surface area contributed by atoms with E-state index >= 15 is 0 Å². The van der Waals surface area contributed by atoms with E-state index in [1.165, 1.54) is 6.07 Å². The minimum absolute atomic E-state index is 0.0888. The fraction of sp³-hybridized carbons (Fsp3) is 0.391. The van der Waals surface area contributed by atoms with Gasteiger partial charge >= 0.3 is 0 Å². The van der Waals surface area contributed by atoms with Crippen LogP contribution in [0.15, 0.2) is 46.9 Å². The van der Waals surface area contributed by atoms with E-state index in [2.05, 4.69) is 21.2 Å². The number of aliphatic hydroxyl groups is 1. The third-order valence-corrected chi connectivity index (χ3v) is 6.59. The monoisotopic (exact) mass is 489 g/mol. The molecule has 4 rings (SSSR count). The first-order valence-electron chi connectivity index (χ1n) is 10.5. The summed E-state index contributed by atoms with van der Waals surface area (Å²) >= 11 is 3.45. The number of hydrogen-bond donors (Lipinski definition) is 2. The summed E-state index contributed by atoms with van der Waals surface area (Å²) in [5, 5.41) is 12.5. The number of carbonyl (C=O) groups excluding carboxylic acids is 2. The van der Waals surface area contributed by atoms with Crippen molar-refractivity contribution in [1.82, 2.24) is 5.32 Å². The Bertz CT molecular complexity index is 978. The Balaban J connectivity index is 1.34. The van der Waals surface area contributed by atoms with Crippen LogP contribution in [0, 0.1) is 11.7 Å². The summed E-state index contributed by atoms with van der Waals surface area (Å²) in [4.78, 5) is 28.6. The SMILES string of the molecule is O=C(NCc1ccc(N2CCC(O)CC2)c(F)c1)C1CC(=O)N(c2ccccc2Br)C1. The van der Waals surface area contributed by atoms with Crippen molar-refractivity contribution in [1.29, 1.82) is 0 Å². The molecule has 0 aromatic heterocycles. The Kier molecular flexibility index (Phi) is 6.57. The maximum Gasteiger partial charge on any atom is 0.227 e. The van der Waals surface area contributed by atoms with E-state index in [4.69, 9.17) is 0 Å². The Morgan fingerprint density at radius 2 is 1.90 bits per heavy atom. The highest BCUT2D eigenvalue weighted by molar-refractivity contribution is 9.10. The lowest BCUT2D eigenvalue weighted by atomic mass is 10.1. The van der Waals surface area contributed by atoms with Crippen LogP contribution in [0.2, 0.25) is 0 Å². The lowest BCUT2D eigenvalue weighted by Gasteiger charge is -2.31. The lowest BCUT2D eigenvalue weighted by Crippen LogP contribution is -2.36. The fourth-order valence-corrected chi connectivity index (χ4v) is 4.64. The highest BCUT2D eigenvalue weighted by atomic mass is 79.9. The number of nitrogens with one attached hydrogen (secondary N) is 1. The molecule has 0 spiro atoms. The molecule has 2 N–H and O–H groups in total. The molecule has 0 aliphatic carbocycles. The van der Waals surface area contributed by atoms with Crippen molar-refractivity contribution in [3.63, 3.8) is 0 Å². The standard InChI is InChI=1S/C23H25BrFN3O3/c24-18-3-1-2-4-20(18)28-14-16(12-22(28)30)23(31)26-13-15-5-6-21(19(25)11-15)27-9-7-17(29)8-10-27/h1-6,11,16-17,29H,7-10,12-14H2,(H,26,31). The van der Waals surface area contributed by atoms with E-state index in [1.54, 1.807) is 17.0 Å². The molecule has 2 aliphatic heterocycles. The zero-order valence-electron chi connectivity index (χ0n) is 17.1. The Hall–Kier alpha value is -2.45. The maximum absolute atomic E-state index is 14.6. The van der Waals surface area contributed by atoms with Crippen LogP contribution in [0.25, 0.3) is 0 Å². The Labute approximate surface area is 189 Å². The number of piperidine rings is 1. The van der Waals surface area contributed by atoms with Gasteiger partial charge in [-0.15, -0.1) is 0 Å². The second-order valence-corrected chi connectivity index (χ2v) is 8.93. The van der Waals surface area contributed by atoms with Crippen LogP contribution in [0.3, 0.4) is 0 Å². The normalized spacial score (nSPS) is 19.7.